The van der Waals surface area contributed by atoms with Crippen molar-refractivity contribution in [3.05, 3.63) is 63.7 Å². The Balaban J connectivity index is 1.36. The lowest BCUT2D eigenvalue weighted by atomic mass is 9.90. The molecule has 0 unspecified atom stereocenters. The minimum absolute atomic E-state index is 0.0748. The van der Waals surface area contributed by atoms with Crippen molar-refractivity contribution in [1.29, 1.82) is 0 Å². The first-order valence-corrected chi connectivity index (χ1v) is 11.2. The van der Waals surface area contributed by atoms with Crippen molar-refractivity contribution in [3.63, 3.8) is 0 Å². The van der Waals surface area contributed by atoms with E-state index in [1.807, 2.05) is 36.4 Å². The van der Waals surface area contributed by atoms with Crippen molar-refractivity contribution in [2.24, 2.45) is 0 Å². The number of nitrogens with one attached hydrogen (secondary N) is 2. The Morgan fingerprint density at radius 1 is 1.10 bits per heavy atom. The third kappa shape index (κ3) is 4.71. The molecule has 0 aliphatic heterocycles. The molecule has 0 atom stereocenters. The van der Waals surface area contributed by atoms with Gasteiger partial charge in [0.05, 0.1) is 18.2 Å². The Labute approximate surface area is 189 Å². The Kier molecular flexibility index (Phi) is 6.44. The zero-order valence-electron chi connectivity index (χ0n) is 16.6. The number of hydrogen-bond donors (Lipinski definition) is 2. The van der Waals surface area contributed by atoms with Gasteiger partial charge in [-0.1, -0.05) is 11.6 Å². The highest BCUT2D eigenvalue weighted by atomic mass is 79.9. The fraction of sp³-hybridized carbons (Fsp3) is 0.304. The second-order valence-corrected chi connectivity index (χ2v) is 8.82. The number of benzene rings is 2. The Bertz CT molecular complexity index is 1070. The summed E-state index contributed by atoms with van der Waals surface area (Å²) in [5.41, 5.74) is 2.55. The fourth-order valence-electron chi connectivity index (χ4n) is 3.92. The number of fused-ring (bicyclic) bond motifs is 1. The largest absolute Gasteiger partial charge is 0.497 e. The van der Waals surface area contributed by atoms with Gasteiger partial charge in [-0.05, 0) is 84.1 Å². The topological polar surface area (TPSA) is 63.2 Å². The van der Waals surface area contributed by atoms with Gasteiger partial charge in [0, 0.05) is 38.8 Å². The molecule has 0 radical (unpaired) electrons. The summed E-state index contributed by atoms with van der Waals surface area (Å²) in [6.45, 7) is 0. The highest BCUT2D eigenvalue weighted by molar-refractivity contribution is 9.10. The van der Waals surface area contributed by atoms with Gasteiger partial charge in [-0.2, -0.15) is 0 Å². The van der Waals surface area contributed by atoms with E-state index in [2.05, 4.69) is 31.5 Å². The summed E-state index contributed by atoms with van der Waals surface area (Å²) in [6.07, 6.45) is 5.64. The van der Waals surface area contributed by atoms with E-state index in [1.54, 1.807) is 19.4 Å². The van der Waals surface area contributed by atoms with Crippen molar-refractivity contribution in [1.82, 2.24) is 10.3 Å². The number of methoxy groups -OCH3 is 1. The monoisotopic (exact) mass is 487 g/mol. The average Bonchev–Trinajstić information content (AvgIpc) is 2.75. The summed E-state index contributed by atoms with van der Waals surface area (Å²) in [7, 11) is 1.60. The van der Waals surface area contributed by atoms with E-state index in [0.29, 0.717) is 22.4 Å². The second-order valence-electron chi connectivity index (χ2n) is 7.53. The van der Waals surface area contributed by atoms with E-state index < -0.39 is 0 Å². The van der Waals surface area contributed by atoms with Gasteiger partial charge in [-0.25, -0.2) is 0 Å². The molecule has 0 saturated heterocycles. The first kappa shape index (κ1) is 20.9. The third-order valence-electron chi connectivity index (χ3n) is 5.54. The molecule has 2 aromatic carbocycles. The van der Waals surface area contributed by atoms with E-state index in [4.69, 9.17) is 16.3 Å². The van der Waals surface area contributed by atoms with Crippen molar-refractivity contribution in [3.8, 4) is 5.75 Å². The van der Waals surface area contributed by atoms with Crippen LogP contribution in [-0.2, 0) is 0 Å². The number of anilines is 1. The molecule has 5 nitrogen and oxygen atoms in total. The summed E-state index contributed by atoms with van der Waals surface area (Å²) in [5, 5.41) is 8.58. The Morgan fingerprint density at radius 2 is 1.87 bits per heavy atom. The maximum absolute atomic E-state index is 12.7. The van der Waals surface area contributed by atoms with E-state index in [1.165, 1.54) is 0 Å². The van der Waals surface area contributed by atoms with Gasteiger partial charge in [0.2, 0.25) is 0 Å². The molecule has 2 N–H and O–H groups in total. The second kappa shape index (κ2) is 9.23. The number of ether oxygens (including phenoxy) is 1. The van der Waals surface area contributed by atoms with Crippen LogP contribution in [0.3, 0.4) is 0 Å². The normalized spacial score (nSPS) is 18.8. The van der Waals surface area contributed by atoms with Crippen LogP contribution in [0.5, 0.6) is 5.75 Å². The van der Waals surface area contributed by atoms with Crippen LogP contribution in [0.15, 0.2) is 53.1 Å². The highest BCUT2D eigenvalue weighted by Gasteiger charge is 2.24. The van der Waals surface area contributed by atoms with Crippen LogP contribution < -0.4 is 15.4 Å². The first-order valence-electron chi connectivity index (χ1n) is 9.98. The standard InChI is InChI=1S/C23H23BrClN3O2/c1-30-17-7-9-20(24)19(13-17)23(29)28-16-5-3-15(4-6-16)27-21-10-11-26-22-12-14(25)2-8-18(21)22/h2,7-13,15-16H,3-6H2,1H3,(H,26,27)(H,28,29). The van der Waals surface area contributed by atoms with Gasteiger partial charge in [0.25, 0.3) is 5.91 Å². The maximum atomic E-state index is 12.7. The number of rotatable bonds is 5. The number of aromatic nitrogens is 1. The van der Waals surface area contributed by atoms with E-state index in [0.717, 1.165) is 46.7 Å². The van der Waals surface area contributed by atoms with Gasteiger partial charge in [-0.3, -0.25) is 9.78 Å². The molecule has 1 fully saturated rings. The average molecular weight is 489 g/mol. The van der Waals surface area contributed by atoms with Gasteiger partial charge >= 0.3 is 0 Å². The lowest BCUT2D eigenvalue weighted by Crippen LogP contribution is -2.40. The fourth-order valence-corrected chi connectivity index (χ4v) is 4.51. The molecule has 1 saturated carbocycles. The molecule has 1 heterocycles. The van der Waals surface area contributed by atoms with Crippen molar-refractivity contribution in [2.45, 2.75) is 37.8 Å². The van der Waals surface area contributed by atoms with Gasteiger partial charge < -0.3 is 15.4 Å². The zero-order chi connectivity index (χ0) is 21.1. The number of hydrogen-bond acceptors (Lipinski definition) is 4. The maximum Gasteiger partial charge on any atom is 0.252 e. The van der Waals surface area contributed by atoms with Crippen LogP contribution in [-0.4, -0.2) is 30.1 Å². The summed E-state index contributed by atoms with van der Waals surface area (Å²) in [6, 6.07) is 13.7. The molecule has 156 valence electrons. The van der Waals surface area contributed by atoms with Crippen LogP contribution in [0.2, 0.25) is 5.02 Å². The molecule has 4 rings (SSSR count). The summed E-state index contributed by atoms with van der Waals surface area (Å²) in [5.74, 6) is 0.594. The molecule has 3 aromatic rings. The number of halogens is 2. The molecular weight excluding hydrogens is 466 g/mol. The molecule has 30 heavy (non-hydrogen) atoms. The lowest BCUT2D eigenvalue weighted by Gasteiger charge is -2.30. The molecule has 1 aliphatic rings. The van der Waals surface area contributed by atoms with Crippen LogP contribution in [0.1, 0.15) is 36.0 Å². The third-order valence-corrected chi connectivity index (χ3v) is 6.47. The molecule has 0 spiro atoms. The molecule has 7 heteroatoms. The molecule has 0 bridgehead atoms. The summed E-state index contributed by atoms with van der Waals surface area (Å²) < 4.78 is 6.00. The number of carbonyl (C=O) groups excluding carboxylic acids is 1. The van der Waals surface area contributed by atoms with Crippen LogP contribution in [0.25, 0.3) is 10.9 Å². The predicted octanol–water partition coefficient (Wildman–Crippen LogP) is 5.81. The molecule has 1 aliphatic carbocycles. The van der Waals surface area contributed by atoms with E-state index in [9.17, 15) is 4.79 Å². The molecule has 1 amide bonds. The minimum atomic E-state index is -0.0748. The van der Waals surface area contributed by atoms with E-state index in [-0.39, 0.29) is 11.9 Å². The van der Waals surface area contributed by atoms with Gasteiger partial charge in [0.15, 0.2) is 0 Å². The van der Waals surface area contributed by atoms with Crippen LogP contribution in [0.4, 0.5) is 5.69 Å². The predicted molar refractivity (Wildman–Crippen MR) is 125 cm³/mol. The molecule has 1 aromatic heterocycles. The summed E-state index contributed by atoms with van der Waals surface area (Å²) in [4.78, 5) is 17.1. The van der Waals surface area contributed by atoms with Crippen LogP contribution in [0, 0.1) is 0 Å². The van der Waals surface area contributed by atoms with E-state index >= 15 is 0 Å². The van der Waals surface area contributed by atoms with Crippen molar-refractivity contribution < 1.29 is 9.53 Å². The first-order chi connectivity index (χ1) is 14.5. The highest BCUT2D eigenvalue weighted by Crippen LogP contribution is 2.29. The van der Waals surface area contributed by atoms with Gasteiger partial charge in [-0.15, -0.1) is 0 Å². The number of carbonyl (C=O) groups is 1. The zero-order valence-corrected chi connectivity index (χ0v) is 19.0. The van der Waals surface area contributed by atoms with Crippen LogP contribution >= 0.6 is 27.5 Å². The van der Waals surface area contributed by atoms with Crippen molar-refractivity contribution >= 4 is 50.0 Å². The SMILES string of the molecule is COc1ccc(Br)c(C(=O)NC2CCC(Nc3ccnc4cc(Cl)ccc34)CC2)c1. The van der Waals surface area contributed by atoms with Gasteiger partial charge in [0.1, 0.15) is 5.75 Å². The van der Waals surface area contributed by atoms with Crippen molar-refractivity contribution in [2.75, 3.05) is 12.4 Å². The number of nitrogens with zero attached hydrogens (tertiary/aromatic N) is 1. The lowest BCUT2D eigenvalue weighted by molar-refractivity contribution is 0.0925. The molecular formula is C23H23BrClN3O2. The smallest absolute Gasteiger partial charge is 0.252 e. The summed E-state index contributed by atoms with van der Waals surface area (Å²) >= 11 is 9.54. The Morgan fingerprint density at radius 3 is 2.63 bits per heavy atom. The number of amides is 1. The Hall–Kier alpha value is -2.31. The minimum Gasteiger partial charge on any atom is -0.497 e. The quantitative estimate of drug-likeness (QED) is 0.475. The number of pyridine rings is 1.